The lowest BCUT2D eigenvalue weighted by molar-refractivity contribution is -0.137. The average molecular weight is 321 g/mol. The van der Waals surface area contributed by atoms with E-state index in [2.05, 4.69) is 36.9 Å². The van der Waals surface area contributed by atoms with E-state index < -0.39 is 5.97 Å². The topological polar surface area (TPSA) is 40.5 Å². The molecule has 22 heavy (non-hydrogen) atoms. The molecule has 0 bridgehead atoms. The second-order valence-electron chi connectivity index (χ2n) is 6.34. The van der Waals surface area contributed by atoms with Crippen LogP contribution >= 0.6 is 11.8 Å². The number of aliphatic carboxylic acids is 1. The van der Waals surface area contributed by atoms with E-state index in [1.165, 1.54) is 28.9 Å². The fourth-order valence-electron chi connectivity index (χ4n) is 3.01. The van der Waals surface area contributed by atoms with Gasteiger partial charge in [0, 0.05) is 30.2 Å². The van der Waals surface area contributed by atoms with Gasteiger partial charge in [0.2, 0.25) is 0 Å². The molecule has 1 fully saturated rings. The number of benzene rings is 1. The van der Waals surface area contributed by atoms with E-state index in [9.17, 15) is 4.79 Å². The van der Waals surface area contributed by atoms with Crippen molar-refractivity contribution in [2.45, 2.75) is 44.4 Å². The fraction of sp³-hybridized carbons (Fsp3) is 0.611. The zero-order chi connectivity index (χ0) is 15.9. The molecule has 2 rings (SSSR count). The van der Waals surface area contributed by atoms with Gasteiger partial charge < -0.3 is 10.0 Å². The average Bonchev–Trinajstić information content (AvgIpc) is 2.49. The van der Waals surface area contributed by atoms with E-state index >= 15 is 0 Å². The van der Waals surface area contributed by atoms with Gasteiger partial charge >= 0.3 is 5.97 Å². The number of hydrogen-bond acceptors (Lipinski definition) is 3. The van der Waals surface area contributed by atoms with Crippen LogP contribution in [0.25, 0.3) is 0 Å². The lowest BCUT2D eigenvalue weighted by Gasteiger charge is -2.32. The first-order valence-corrected chi connectivity index (χ1v) is 9.17. The first kappa shape index (κ1) is 17.4. The minimum Gasteiger partial charge on any atom is -0.481 e. The minimum absolute atomic E-state index is 0.315. The summed E-state index contributed by atoms with van der Waals surface area (Å²) < 4.78 is 0. The normalized spacial score (nSPS) is 19.3. The summed E-state index contributed by atoms with van der Waals surface area (Å²) in [6.07, 6.45) is 3.54. The van der Waals surface area contributed by atoms with Crippen LogP contribution in [0.4, 0.5) is 0 Å². The Morgan fingerprint density at radius 2 is 2.18 bits per heavy atom. The molecule has 122 valence electrons. The summed E-state index contributed by atoms with van der Waals surface area (Å²) in [6.45, 7) is 7.64. The Labute approximate surface area is 138 Å². The molecule has 1 atom stereocenters. The van der Waals surface area contributed by atoms with E-state index in [1.807, 2.05) is 11.8 Å². The molecule has 1 N–H and O–H groups in total. The summed E-state index contributed by atoms with van der Waals surface area (Å²) in [7, 11) is 0. The summed E-state index contributed by atoms with van der Waals surface area (Å²) in [5.74, 6) is 1.01. The zero-order valence-corrected chi connectivity index (χ0v) is 14.5. The molecule has 1 aromatic rings. The molecule has 1 aliphatic rings. The van der Waals surface area contributed by atoms with Gasteiger partial charge in [-0.1, -0.05) is 6.07 Å². The maximum absolute atomic E-state index is 10.7. The molecule has 4 heteroatoms. The third kappa shape index (κ3) is 5.65. The number of hydrogen-bond donors (Lipinski definition) is 1. The highest BCUT2D eigenvalue weighted by atomic mass is 32.2. The SMILES string of the molecule is Cc1ccc(SCCN2CCCC(CCC(=O)O)C2)cc1C. The number of piperidine rings is 1. The van der Waals surface area contributed by atoms with Crippen LogP contribution in [0.2, 0.25) is 0 Å². The van der Waals surface area contributed by atoms with Gasteiger partial charge in [-0.15, -0.1) is 11.8 Å². The molecule has 1 aromatic carbocycles. The van der Waals surface area contributed by atoms with E-state index in [1.54, 1.807) is 0 Å². The highest BCUT2D eigenvalue weighted by Gasteiger charge is 2.20. The first-order valence-electron chi connectivity index (χ1n) is 8.19. The molecule has 1 aliphatic heterocycles. The van der Waals surface area contributed by atoms with Crippen LogP contribution in [-0.2, 0) is 4.79 Å². The van der Waals surface area contributed by atoms with Crippen molar-refractivity contribution in [1.82, 2.24) is 4.90 Å². The number of carboxylic acid groups (broad SMARTS) is 1. The van der Waals surface area contributed by atoms with Crippen molar-refractivity contribution in [3.05, 3.63) is 29.3 Å². The van der Waals surface area contributed by atoms with Crippen molar-refractivity contribution >= 4 is 17.7 Å². The quantitative estimate of drug-likeness (QED) is 0.771. The molecule has 0 radical (unpaired) electrons. The Kier molecular flexibility index (Phi) is 6.77. The number of thioether (sulfide) groups is 1. The molecule has 3 nitrogen and oxygen atoms in total. The van der Waals surface area contributed by atoms with Gasteiger partial charge in [-0.2, -0.15) is 0 Å². The monoisotopic (exact) mass is 321 g/mol. The van der Waals surface area contributed by atoms with E-state index in [0.717, 1.165) is 31.8 Å². The Balaban J connectivity index is 1.71. The van der Waals surface area contributed by atoms with Gasteiger partial charge in [0.1, 0.15) is 0 Å². The standard InChI is InChI=1S/C18H27NO2S/c1-14-5-7-17(12-15(14)2)22-11-10-19-9-3-4-16(13-19)6-8-18(20)21/h5,7,12,16H,3-4,6,8-11,13H2,1-2H3,(H,20,21). The number of nitrogens with zero attached hydrogens (tertiary/aromatic N) is 1. The third-order valence-electron chi connectivity index (χ3n) is 4.52. The second-order valence-corrected chi connectivity index (χ2v) is 7.50. The van der Waals surface area contributed by atoms with Crippen molar-refractivity contribution in [3.63, 3.8) is 0 Å². The summed E-state index contributed by atoms with van der Waals surface area (Å²) >= 11 is 1.92. The van der Waals surface area contributed by atoms with Gasteiger partial charge in [-0.3, -0.25) is 4.79 Å². The molecule has 0 aliphatic carbocycles. The van der Waals surface area contributed by atoms with Gasteiger partial charge in [-0.05, 0) is 68.8 Å². The van der Waals surface area contributed by atoms with E-state index in [4.69, 9.17) is 5.11 Å². The highest BCUT2D eigenvalue weighted by Crippen LogP contribution is 2.24. The summed E-state index contributed by atoms with van der Waals surface area (Å²) in [6, 6.07) is 6.67. The lowest BCUT2D eigenvalue weighted by Crippen LogP contribution is -2.37. The molecule has 0 spiro atoms. The largest absolute Gasteiger partial charge is 0.481 e. The van der Waals surface area contributed by atoms with Crippen LogP contribution in [0, 0.1) is 19.8 Å². The van der Waals surface area contributed by atoms with Crippen LogP contribution in [0.15, 0.2) is 23.1 Å². The first-order chi connectivity index (χ1) is 10.5. The fourth-order valence-corrected chi connectivity index (χ4v) is 4.02. The minimum atomic E-state index is -0.664. The maximum Gasteiger partial charge on any atom is 0.303 e. The lowest BCUT2D eigenvalue weighted by atomic mass is 9.93. The number of carboxylic acids is 1. The number of carbonyl (C=O) groups is 1. The molecule has 1 saturated heterocycles. The highest BCUT2D eigenvalue weighted by molar-refractivity contribution is 7.99. The van der Waals surface area contributed by atoms with Crippen molar-refractivity contribution in [1.29, 1.82) is 0 Å². The second kappa shape index (κ2) is 8.59. The van der Waals surface area contributed by atoms with Crippen LogP contribution in [0.5, 0.6) is 0 Å². The van der Waals surface area contributed by atoms with Gasteiger partial charge in [0.05, 0.1) is 0 Å². The Morgan fingerprint density at radius 3 is 2.91 bits per heavy atom. The van der Waals surface area contributed by atoms with Gasteiger partial charge in [0.25, 0.3) is 0 Å². The number of rotatable bonds is 7. The summed E-state index contributed by atoms with van der Waals surface area (Å²) in [5, 5.41) is 8.80. The number of likely N-dealkylation sites (tertiary alicyclic amines) is 1. The molecular weight excluding hydrogens is 294 g/mol. The molecule has 1 unspecified atom stereocenters. The Morgan fingerprint density at radius 1 is 1.36 bits per heavy atom. The molecular formula is C18H27NO2S. The van der Waals surface area contributed by atoms with Gasteiger partial charge in [0.15, 0.2) is 0 Å². The van der Waals surface area contributed by atoms with Crippen molar-refractivity contribution < 1.29 is 9.90 Å². The number of aryl methyl sites for hydroxylation is 2. The van der Waals surface area contributed by atoms with Crippen molar-refractivity contribution in [2.24, 2.45) is 5.92 Å². The third-order valence-corrected chi connectivity index (χ3v) is 5.50. The van der Waals surface area contributed by atoms with Crippen LogP contribution < -0.4 is 0 Å². The maximum atomic E-state index is 10.7. The van der Waals surface area contributed by atoms with Crippen LogP contribution in [0.3, 0.4) is 0 Å². The van der Waals surface area contributed by atoms with E-state index in [0.29, 0.717) is 12.3 Å². The molecule has 0 amide bonds. The van der Waals surface area contributed by atoms with Crippen LogP contribution in [0.1, 0.15) is 36.8 Å². The van der Waals surface area contributed by atoms with Gasteiger partial charge in [-0.25, -0.2) is 0 Å². The molecule has 0 saturated carbocycles. The van der Waals surface area contributed by atoms with Crippen LogP contribution in [-0.4, -0.2) is 41.4 Å². The Bertz CT molecular complexity index is 504. The predicted octanol–water partition coefficient (Wildman–Crippen LogP) is 3.97. The molecule has 1 heterocycles. The summed E-state index contributed by atoms with van der Waals surface area (Å²) in [5.41, 5.74) is 2.71. The Hall–Kier alpha value is -1.00. The molecule has 0 aromatic heterocycles. The zero-order valence-electron chi connectivity index (χ0n) is 13.7. The smallest absolute Gasteiger partial charge is 0.303 e. The van der Waals surface area contributed by atoms with E-state index in [-0.39, 0.29) is 0 Å². The predicted molar refractivity (Wildman–Crippen MR) is 92.7 cm³/mol. The summed E-state index contributed by atoms with van der Waals surface area (Å²) in [4.78, 5) is 14.5. The van der Waals surface area contributed by atoms with Crippen molar-refractivity contribution in [2.75, 3.05) is 25.4 Å². The van der Waals surface area contributed by atoms with Crippen molar-refractivity contribution in [3.8, 4) is 0 Å².